The van der Waals surface area contributed by atoms with Crippen molar-refractivity contribution in [3.05, 3.63) is 46.6 Å². The van der Waals surface area contributed by atoms with Crippen LogP contribution in [0.1, 0.15) is 41.5 Å². The van der Waals surface area contributed by atoms with Gasteiger partial charge in [0.25, 0.3) is 0 Å². The summed E-state index contributed by atoms with van der Waals surface area (Å²) in [7, 11) is 0. The highest BCUT2D eigenvalue weighted by Crippen LogP contribution is 2.28. The highest BCUT2D eigenvalue weighted by atomic mass is 32.1. The van der Waals surface area contributed by atoms with E-state index in [2.05, 4.69) is 31.0 Å². The molecule has 2 aromatic heterocycles. The molecular weight excluding hydrogens is 268 g/mol. The number of fused-ring (bicyclic) bond motifs is 1. The van der Waals surface area contributed by atoms with E-state index in [0.717, 1.165) is 28.2 Å². The van der Waals surface area contributed by atoms with E-state index in [1.807, 2.05) is 28.8 Å². The molecule has 0 bridgehead atoms. The number of carbonyl (C=O) groups is 1. The minimum Gasteiger partial charge on any atom is -0.296 e. The summed E-state index contributed by atoms with van der Waals surface area (Å²) in [5.74, 6) is 0.502. The van der Waals surface area contributed by atoms with Gasteiger partial charge in [0.1, 0.15) is 11.4 Å². The fourth-order valence-corrected chi connectivity index (χ4v) is 3.24. The van der Waals surface area contributed by atoms with Gasteiger partial charge in [-0.2, -0.15) is 0 Å². The Morgan fingerprint density at radius 3 is 2.55 bits per heavy atom. The van der Waals surface area contributed by atoms with Crippen molar-refractivity contribution in [1.29, 1.82) is 0 Å². The molecule has 0 aliphatic carbocycles. The lowest BCUT2D eigenvalue weighted by molar-refractivity contribution is 0.111. The highest BCUT2D eigenvalue weighted by molar-refractivity contribution is 7.15. The molecule has 102 valence electrons. The Kier molecular flexibility index (Phi) is 3.18. The molecule has 0 saturated heterocycles. The molecule has 2 heterocycles. The zero-order valence-corrected chi connectivity index (χ0v) is 12.6. The minimum absolute atomic E-state index is 0.502. The van der Waals surface area contributed by atoms with Crippen LogP contribution < -0.4 is 0 Å². The normalized spacial score (nSPS) is 11.4. The highest BCUT2D eigenvalue weighted by Gasteiger charge is 2.16. The number of aryl methyl sites for hydroxylation is 1. The zero-order valence-electron chi connectivity index (χ0n) is 11.8. The van der Waals surface area contributed by atoms with Crippen molar-refractivity contribution < 1.29 is 4.79 Å². The molecule has 0 unspecified atom stereocenters. The van der Waals surface area contributed by atoms with Gasteiger partial charge < -0.3 is 0 Å². The number of imidazole rings is 1. The van der Waals surface area contributed by atoms with Gasteiger partial charge in [-0.3, -0.25) is 9.20 Å². The molecule has 3 aromatic rings. The number of aromatic nitrogens is 2. The lowest BCUT2D eigenvalue weighted by Crippen LogP contribution is -1.93. The second-order valence-corrected chi connectivity index (χ2v) is 6.07. The van der Waals surface area contributed by atoms with Crippen molar-refractivity contribution in [3.63, 3.8) is 0 Å². The van der Waals surface area contributed by atoms with Crippen molar-refractivity contribution in [2.45, 2.75) is 26.7 Å². The Hall–Kier alpha value is -1.94. The number of hydrogen-bond acceptors (Lipinski definition) is 3. The first kappa shape index (κ1) is 13.1. The van der Waals surface area contributed by atoms with Gasteiger partial charge in [-0.1, -0.05) is 38.1 Å². The van der Waals surface area contributed by atoms with E-state index in [-0.39, 0.29) is 0 Å². The lowest BCUT2D eigenvalue weighted by Gasteiger charge is -2.06. The molecule has 20 heavy (non-hydrogen) atoms. The van der Waals surface area contributed by atoms with Gasteiger partial charge in [0, 0.05) is 16.6 Å². The molecule has 0 N–H and O–H groups in total. The van der Waals surface area contributed by atoms with Crippen molar-refractivity contribution in [3.8, 4) is 11.3 Å². The number of rotatable bonds is 3. The molecule has 0 saturated carbocycles. The van der Waals surface area contributed by atoms with E-state index < -0.39 is 0 Å². The van der Waals surface area contributed by atoms with Crippen LogP contribution in [0.2, 0.25) is 0 Å². The Labute approximate surface area is 121 Å². The molecule has 4 heteroatoms. The topological polar surface area (TPSA) is 34.4 Å². The second-order valence-electron chi connectivity index (χ2n) is 5.24. The average Bonchev–Trinajstić information content (AvgIpc) is 2.99. The van der Waals surface area contributed by atoms with Crippen LogP contribution in [0.15, 0.2) is 29.6 Å². The minimum atomic E-state index is 0.502. The Morgan fingerprint density at radius 1 is 1.25 bits per heavy atom. The summed E-state index contributed by atoms with van der Waals surface area (Å²) in [6, 6.07) is 8.30. The van der Waals surface area contributed by atoms with Crippen LogP contribution >= 0.6 is 11.3 Å². The van der Waals surface area contributed by atoms with Crippen LogP contribution in [-0.2, 0) is 0 Å². The van der Waals surface area contributed by atoms with Gasteiger partial charge in [0.05, 0.1) is 0 Å². The van der Waals surface area contributed by atoms with Crippen LogP contribution in [0.3, 0.4) is 0 Å². The van der Waals surface area contributed by atoms with Gasteiger partial charge >= 0.3 is 0 Å². The van der Waals surface area contributed by atoms with E-state index in [0.29, 0.717) is 11.6 Å². The number of hydrogen-bond donors (Lipinski definition) is 0. The summed E-state index contributed by atoms with van der Waals surface area (Å²) in [5, 5.41) is 2.01. The molecule has 3 rings (SSSR count). The summed E-state index contributed by atoms with van der Waals surface area (Å²) in [4.78, 5) is 16.9. The van der Waals surface area contributed by atoms with Crippen LogP contribution in [-0.4, -0.2) is 15.7 Å². The molecule has 0 fully saturated rings. The molecule has 0 aliphatic heterocycles. The summed E-state index contributed by atoms with van der Waals surface area (Å²) in [6.07, 6.45) is 0.894. The fourth-order valence-electron chi connectivity index (χ4n) is 2.37. The zero-order chi connectivity index (χ0) is 14.3. The first-order chi connectivity index (χ1) is 9.61. The van der Waals surface area contributed by atoms with Crippen molar-refractivity contribution in [2.24, 2.45) is 0 Å². The van der Waals surface area contributed by atoms with E-state index >= 15 is 0 Å². The van der Waals surface area contributed by atoms with Gasteiger partial charge in [0.15, 0.2) is 11.2 Å². The van der Waals surface area contributed by atoms with E-state index in [1.165, 1.54) is 5.56 Å². The summed E-state index contributed by atoms with van der Waals surface area (Å²) >= 11 is 1.56. The van der Waals surface area contributed by atoms with E-state index in [4.69, 9.17) is 0 Å². The van der Waals surface area contributed by atoms with Crippen molar-refractivity contribution in [1.82, 2.24) is 9.38 Å². The number of benzene rings is 1. The molecule has 0 amide bonds. The van der Waals surface area contributed by atoms with Crippen molar-refractivity contribution in [2.75, 3.05) is 0 Å². The standard InChI is InChI=1S/C16H16N2OS/c1-10(2)12-4-6-13(7-5-12)15-14(8-19)18-11(3)9-20-16(18)17-15/h4-10H,1-3H3. The quantitative estimate of drug-likeness (QED) is 0.672. The third kappa shape index (κ3) is 1.96. The monoisotopic (exact) mass is 284 g/mol. The number of thiazole rings is 1. The molecule has 0 spiro atoms. The first-order valence-corrected chi connectivity index (χ1v) is 7.52. The third-order valence-corrected chi connectivity index (χ3v) is 4.48. The maximum atomic E-state index is 11.4. The van der Waals surface area contributed by atoms with Gasteiger partial charge in [0.2, 0.25) is 0 Å². The molecule has 0 atom stereocenters. The Balaban J connectivity index is 2.16. The third-order valence-electron chi connectivity index (χ3n) is 3.53. The van der Waals surface area contributed by atoms with Gasteiger partial charge in [-0.05, 0) is 18.4 Å². The van der Waals surface area contributed by atoms with Gasteiger partial charge in [-0.15, -0.1) is 11.3 Å². The van der Waals surface area contributed by atoms with E-state index in [9.17, 15) is 4.79 Å². The van der Waals surface area contributed by atoms with Crippen molar-refractivity contribution >= 4 is 22.6 Å². The number of nitrogens with zero attached hydrogens (tertiary/aromatic N) is 2. The van der Waals surface area contributed by atoms with Gasteiger partial charge in [-0.25, -0.2) is 4.98 Å². The predicted molar refractivity (Wildman–Crippen MR) is 82.7 cm³/mol. The summed E-state index contributed by atoms with van der Waals surface area (Å²) in [5.41, 5.74) is 4.73. The second kappa shape index (κ2) is 4.87. The van der Waals surface area contributed by atoms with E-state index in [1.54, 1.807) is 11.3 Å². The molecular formula is C16H16N2OS. The molecule has 3 nitrogen and oxygen atoms in total. The summed E-state index contributed by atoms with van der Waals surface area (Å²) in [6.45, 7) is 6.33. The SMILES string of the molecule is Cc1csc2nc(-c3ccc(C(C)C)cc3)c(C=O)n12. The largest absolute Gasteiger partial charge is 0.296 e. The van der Waals surface area contributed by atoms with Crippen LogP contribution in [0.25, 0.3) is 16.2 Å². The molecule has 0 radical (unpaired) electrons. The number of aldehydes is 1. The first-order valence-electron chi connectivity index (χ1n) is 6.64. The molecule has 1 aromatic carbocycles. The van der Waals surface area contributed by atoms with Crippen LogP contribution in [0, 0.1) is 6.92 Å². The summed E-state index contributed by atoms with van der Waals surface area (Å²) < 4.78 is 1.92. The molecule has 0 aliphatic rings. The lowest BCUT2D eigenvalue weighted by atomic mass is 10.0. The number of carbonyl (C=O) groups excluding carboxylic acids is 1. The van der Waals surface area contributed by atoms with Crippen LogP contribution in [0.5, 0.6) is 0 Å². The smallest absolute Gasteiger partial charge is 0.195 e. The Bertz CT molecular complexity index is 766. The fraction of sp³-hybridized carbons (Fsp3) is 0.250. The predicted octanol–water partition coefficient (Wildman–Crippen LogP) is 4.31. The maximum absolute atomic E-state index is 11.4. The Morgan fingerprint density at radius 2 is 1.95 bits per heavy atom. The average molecular weight is 284 g/mol. The van der Waals surface area contributed by atoms with Crippen LogP contribution in [0.4, 0.5) is 0 Å². The maximum Gasteiger partial charge on any atom is 0.195 e.